The van der Waals surface area contributed by atoms with Crippen LogP contribution in [0.4, 0.5) is 13.2 Å². The van der Waals surface area contributed by atoms with Crippen molar-refractivity contribution in [1.82, 2.24) is 10.6 Å². The molecule has 0 aliphatic carbocycles. The van der Waals surface area contributed by atoms with Crippen LogP contribution in [0.1, 0.15) is 31.9 Å². The predicted octanol–water partition coefficient (Wildman–Crippen LogP) is 2.92. The Balaban J connectivity index is 2.02. The molecule has 1 unspecified atom stereocenters. The number of alkyl halides is 3. The molecule has 1 aromatic carbocycles. The zero-order valence-electron chi connectivity index (χ0n) is 12.4. The second-order valence-corrected chi connectivity index (χ2v) is 6.05. The standard InChI is InChI=1S/C15H20F3N3/c1-10-8-19-13(21-10)20-9-14(2,3)11-4-6-12(7-5-11)15(16,17)18/h4-7,10H,8-9H2,1-3H3,(H2,19,20,21). The summed E-state index contributed by atoms with van der Waals surface area (Å²) in [5.41, 5.74) is -0.0551. The fourth-order valence-electron chi connectivity index (χ4n) is 2.18. The lowest BCUT2D eigenvalue weighted by atomic mass is 9.84. The Morgan fingerprint density at radius 1 is 1.19 bits per heavy atom. The SMILES string of the molecule is CC1CN=C(NCC(C)(C)c2ccc(C(F)(F)F)cc2)N1. The van der Waals surface area contributed by atoms with Gasteiger partial charge in [-0.2, -0.15) is 13.2 Å². The summed E-state index contributed by atoms with van der Waals surface area (Å²) in [7, 11) is 0. The van der Waals surface area contributed by atoms with Gasteiger partial charge in [-0.25, -0.2) is 0 Å². The average molecular weight is 299 g/mol. The van der Waals surface area contributed by atoms with Crippen molar-refractivity contribution in [2.75, 3.05) is 13.1 Å². The van der Waals surface area contributed by atoms with Crippen molar-refractivity contribution in [3.8, 4) is 0 Å². The molecule has 21 heavy (non-hydrogen) atoms. The first kappa shape index (κ1) is 15.7. The smallest absolute Gasteiger partial charge is 0.356 e. The number of nitrogens with one attached hydrogen (secondary N) is 2. The molecule has 0 saturated heterocycles. The molecule has 0 aromatic heterocycles. The van der Waals surface area contributed by atoms with Crippen LogP contribution in [0.25, 0.3) is 0 Å². The summed E-state index contributed by atoms with van der Waals surface area (Å²) >= 11 is 0. The molecule has 3 nitrogen and oxygen atoms in total. The van der Waals surface area contributed by atoms with Gasteiger partial charge in [0.05, 0.1) is 12.1 Å². The summed E-state index contributed by atoms with van der Waals surface area (Å²) in [6, 6.07) is 5.66. The van der Waals surface area contributed by atoms with Gasteiger partial charge in [-0.1, -0.05) is 26.0 Å². The van der Waals surface area contributed by atoms with E-state index in [0.717, 1.165) is 30.2 Å². The zero-order valence-corrected chi connectivity index (χ0v) is 12.4. The van der Waals surface area contributed by atoms with Gasteiger partial charge < -0.3 is 10.6 Å². The van der Waals surface area contributed by atoms with Gasteiger partial charge in [-0.15, -0.1) is 0 Å². The highest BCUT2D eigenvalue weighted by molar-refractivity contribution is 5.81. The fraction of sp³-hybridized carbons (Fsp3) is 0.533. The number of nitrogens with zero attached hydrogens (tertiary/aromatic N) is 1. The Morgan fingerprint density at radius 3 is 2.24 bits per heavy atom. The largest absolute Gasteiger partial charge is 0.416 e. The number of benzene rings is 1. The summed E-state index contributed by atoms with van der Waals surface area (Å²) < 4.78 is 37.7. The number of aliphatic imine (C=N–C) groups is 1. The first-order valence-corrected chi connectivity index (χ1v) is 6.91. The highest BCUT2D eigenvalue weighted by Crippen LogP contribution is 2.31. The van der Waals surface area contributed by atoms with E-state index in [2.05, 4.69) is 15.6 Å². The summed E-state index contributed by atoms with van der Waals surface area (Å²) in [5.74, 6) is 0.752. The van der Waals surface area contributed by atoms with Crippen LogP contribution in [0, 0.1) is 0 Å². The molecule has 1 heterocycles. The van der Waals surface area contributed by atoms with E-state index in [1.165, 1.54) is 12.1 Å². The number of hydrogen-bond acceptors (Lipinski definition) is 3. The van der Waals surface area contributed by atoms with Crippen LogP contribution in [0.3, 0.4) is 0 Å². The third kappa shape index (κ3) is 3.89. The van der Waals surface area contributed by atoms with Crippen LogP contribution in [-0.2, 0) is 11.6 Å². The molecule has 1 aliphatic heterocycles. The molecule has 0 spiro atoms. The Hall–Kier alpha value is -1.72. The predicted molar refractivity (Wildman–Crippen MR) is 77.4 cm³/mol. The minimum atomic E-state index is -4.29. The maximum atomic E-state index is 12.6. The molecule has 2 rings (SSSR count). The Bertz CT molecular complexity index is 518. The normalized spacial score (nSPS) is 19.1. The van der Waals surface area contributed by atoms with Crippen LogP contribution in [0.2, 0.25) is 0 Å². The molecule has 0 fully saturated rings. The van der Waals surface area contributed by atoms with Crippen LogP contribution in [0.15, 0.2) is 29.3 Å². The van der Waals surface area contributed by atoms with Crippen LogP contribution in [-0.4, -0.2) is 25.1 Å². The first-order chi connectivity index (χ1) is 9.68. The van der Waals surface area contributed by atoms with Gasteiger partial charge in [0.25, 0.3) is 0 Å². The highest BCUT2D eigenvalue weighted by atomic mass is 19.4. The molecule has 0 bridgehead atoms. The maximum absolute atomic E-state index is 12.6. The quantitative estimate of drug-likeness (QED) is 0.900. The lowest BCUT2D eigenvalue weighted by molar-refractivity contribution is -0.137. The van der Waals surface area contributed by atoms with Gasteiger partial charge in [-0.3, -0.25) is 4.99 Å². The molecule has 0 saturated carbocycles. The molecular weight excluding hydrogens is 279 g/mol. The van der Waals surface area contributed by atoms with E-state index >= 15 is 0 Å². The third-order valence-corrected chi connectivity index (χ3v) is 3.60. The molecule has 1 atom stereocenters. The van der Waals surface area contributed by atoms with Crippen molar-refractivity contribution in [3.05, 3.63) is 35.4 Å². The van der Waals surface area contributed by atoms with Gasteiger partial charge in [0, 0.05) is 18.0 Å². The van der Waals surface area contributed by atoms with E-state index in [0.29, 0.717) is 12.6 Å². The van der Waals surface area contributed by atoms with E-state index in [1.54, 1.807) is 0 Å². The summed E-state index contributed by atoms with van der Waals surface area (Å²) in [6.45, 7) is 7.35. The Morgan fingerprint density at radius 2 is 1.76 bits per heavy atom. The van der Waals surface area contributed by atoms with Crippen molar-refractivity contribution in [1.29, 1.82) is 0 Å². The Labute approximate surface area is 122 Å². The highest BCUT2D eigenvalue weighted by Gasteiger charge is 2.31. The van der Waals surface area contributed by atoms with Gasteiger partial charge in [0.1, 0.15) is 0 Å². The number of guanidine groups is 1. The second-order valence-electron chi connectivity index (χ2n) is 6.05. The van der Waals surface area contributed by atoms with Gasteiger partial charge in [0.2, 0.25) is 0 Å². The van der Waals surface area contributed by atoms with E-state index in [1.807, 2.05) is 20.8 Å². The van der Waals surface area contributed by atoms with Crippen molar-refractivity contribution in [2.24, 2.45) is 4.99 Å². The molecule has 0 amide bonds. The summed E-state index contributed by atoms with van der Waals surface area (Å²) in [5, 5.41) is 6.41. The second kappa shape index (κ2) is 5.58. The number of rotatable bonds is 3. The molecule has 6 heteroatoms. The minimum Gasteiger partial charge on any atom is -0.356 e. The van der Waals surface area contributed by atoms with Crippen molar-refractivity contribution in [3.63, 3.8) is 0 Å². The maximum Gasteiger partial charge on any atom is 0.416 e. The van der Waals surface area contributed by atoms with Crippen molar-refractivity contribution < 1.29 is 13.2 Å². The first-order valence-electron chi connectivity index (χ1n) is 6.91. The van der Waals surface area contributed by atoms with E-state index in [9.17, 15) is 13.2 Å². The molecule has 1 aromatic rings. The third-order valence-electron chi connectivity index (χ3n) is 3.60. The fourth-order valence-corrected chi connectivity index (χ4v) is 2.18. The molecule has 116 valence electrons. The number of halogens is 3. The lowest BCUT2D eigenvalue weighted by Gasteiger charge is -2.26. The van der Waals surface area contributed by atoms with E-state index < -0.39 is 11.7 Å². The van der Waals surface area contributed by atoms with Crippen molar-refractivity contribution in [2.45, 2.75) is 38.4 Å². The number of hydrogen-bond donors (Lipinski definition) is 2. The molecule has 2 N–H and O–H groups in total. The zero-order chi connectivity index (χ0) is 15.7. The van der Waals surface area contributed by atoms with E-state index in [-0.39, 0.29) is 5.41 Å². The topological polar surface area (TPSA) is 36.4 Å². The summed E-state index contributed by atoms with van der Waals surface area (Å²) in [6.07, 6.45) is -4.29. The van der Waals surface area contributed by atoms with Gasteiger partial charge >= 0.3 is 6.18 Å². The average Bonchev–Trinajstić information content (AvgIpc) is 2.82. The van der Waals surface area contributed by atoms with E-state index in [4.69, 9.17) is 0 Å². The van der Waals surface area contributed by atoms with Gasteiger partial charge in [0.15, 0.2) is 5.96 Å². The van der Waals surface area contributed by atoms with Gasteiger partial charge in [-0.05, 0) is 24.6 Å². The molecule has 0 radical (unpaired) electrons. The minimum absolute atomic E-state index is 0.292. The Kier molecular flexibility index (Phi) is 4.16. The summed E-state index contributed by atoms with van der Waals surface area (Å²) in [4.78, 5) is 4.31. The lowest BCUT2D eigenvalue weighted by Crippen LogP contribution is -2.43. The van der Waals surface area contributed by atoms with Crippen LogP contribution >= 0.6 is 0 Å². The van der Waals surface area contributed by atoms with Crippen LogP contribution in [0.5, 0.6) is 0 Å². The monoisotopic (exact) mass is 299 g/mol. The van der Waals surface area contributed by atoms with Crippen LogP contribution < -0.4 is 10.6 Å². The van der Waals surface area contributed by atoms with Crippen molar-refractivity contribution >= 4 is 5.96 Å². The molecular formula is C15H20F3N3. The molecule has 1 aliphatic rings.